The average Bonchev–Trinajstić information content (AvgIpc) is 2.27. The molecule has 0 aliphatic carbocycles. The standard InChI is InChI=1S/C12H14ClNO2S/c1-7(2)14-9-5-8(12(13)16)3-4-10(9)17-6-11(14)15/h3-5,7,11,15H,6H2,1-2H3. The Labute approximate surface area is 110 Å². The lowest BCUT2D eigenvalue weighted by atomic mass is 10.1. The van der Waals surface area contributed by atoms with Crippen molar-refractivity contribution in [2.24, 2.45) is 0 Å². The van der Waals surface area contributed by atoms with Crippen LogP contribution < -0.4 is 4.90 Å². The number of aliphatic hydroxyl groups is 1. The van der Waals surface area contributed by atoms with Gasteiger partial charge in [-0.3, -0.25) is 4.79 Å². The zero-order chi connectivity index (χ0) is 12.6. The van der Waals surface area contributed by atoms with Crippen molar-refractivity contribution in [1.29, 1.82) is 0 Å². The highest BCUT2D eigenvalue weighted by Crippen LogP contribution is 2.38. The molecule has 1 N–H and O–H groups in total. The molecule has 0 spiro atoms. The summed E-state index contributed by atoms with van der Waals surface area (Å²) in [6, 6.07) is 5.53. The largest absolute Gasteiger partial charge is 0.373 e. The molecule has 1 aliphatic rings. The van der Waals surface area contributed by atoms with Gasteiger partial charge in [0, 0.05) is 22.3 Å². The van der Waals surface area contributed by atoms with Crippen LogP contribution in [0.5, 0.6) is 0 Å². The Morgan fingerprint density at radius 1 is 1.59 bits per heavy atom. The maximum absolute atomic E-state index is 11.2. The number of aliphatic hydroxyl groups excluding tert-OH is 1. The molecule has 1 heterocycles. The van der Waals surface area contributed by atoms with E-state index in [0.29, 0.717) is 11.3 Å². The van der Waals surface area contributed by atoms with Gasteiger partial charge in [-0.25, -0.2) is 0 Å². The number of fused-ring (bicyclic) bond motifs is 1. The SMILES string of the molecule is CC(C)N1c2cc(C(=O)Cl)ccc2SCC1O. The smallest absolute Gasteiger partial charge is 0.252 e. The molecule has 0 amide bonds. The molecule has 0 aromatic heterocycles. The third-order valence-electron chi connectivity index (χ3n) is 2.73. The van der Waals surface area contributed by atoms with E-state index in [-0.39, 0.29) is 6.04 Å². The molecule has 0 fully saturated rings. The highest BCUT2D eigenvalue weighted by atomic mass is 35.5. The first-order chi connectivity index (χ1) is 8.00. The number of hydrogen-bond donors (Lipinski definition) is 1. The van der Waals surface area contributed by atoms with Gasteiger partial charge in [0.2, 0.25) is 0 Å². The maximum Gasteiger partial charge on any atom is 0.252 e. The molecule has 0 radical (unpaired) electrons. The van der Waals surface area contributed by atoms with Gasteiger partial charge < -0.3 is 10.0 Å². The number of hydrogen-bond acceptors (Lipinski definition) is 4. The lowest BCUT2D eigenvalue weighted by molar-refractivity contribution is 0.108. The molecule has 17 heavy (non-hydrogen) atoms. The summed E-state index contributed by atoms with van der Waals surface area (Å²) in [5, 5.41) is 9.53. The minimum absolute atomic E-state index is 0.172. The second-order valence-corrected chi connectivity index (χ2v) is 5.65. The Morgan fingerprint density at radius 2 is 2.29 bits per heavy atom. The molecule has 3 nitrogen and oxygen atoms in total. The number of benzene rings is 1. The van der Waals surface area contributed by atoms with E-state index in [0.717, 1.165) is 10.6 Å². The molecule has 5 heteroatoms. The van der Waals surface area contributed by atoms with Gasteiger partial charge in [0.05, 0.1) is 5.69 Å². The summed E-state index contributed by atoms with van der Waals surface area (Å²) in [7, 11) is 0. The Morgan fingerprint density at radius 3 is 2.88 bits per heavy atom. The Kier molecular flexibility index (Phi) is 3.66. The summed E-state index contributed by atoms with van der Waals surface area (Å²) >= 11 is 7.07. The van der Waals surface area contributed by atoms with Gasteiger partial charge >= 0.3 is 0 Å². The molecule has 2 rings (SSSR count). The fourth-order valence-electron chi connectivity index (χ4n) is 1.99. The summed E-state index contributed by atoms with van der Waals surface area (Å²) in [5.41, 5.74) is 1.35. The molecule has 1 aliphatic heterocycles. The minimum Gasteiger partial charge on any atom is -0.373 e. The van der Waals surface area contributed by atoms with Crippen molar-refractivity contribution in [3.8, 4) is 0 Å². The molecule has 0 saturated carbocycles. The lowest BCUT2D eigenvalue weighted by Crippen LogP contribution is -2.44. The van der Waals surface area contributed by atoms with Crippen LogP contribution in [0.3, 0.4) is 0 Å². The summed E-state index contributed by atoms with van der Waals surface area (Å²) in [6.45, 7) is 4.02. The predicted molar refractivity (Wildman–Crippen MR) is 71.0 cm³/mol. The zero-order valence-corrected chi connectivity index (χ0v) is 11.3. The summed E-state index contributed by atoms with van der Waals surface area (Å²) < 4.78 is 0. The van der Waals surface area contributed by atoms with E-state index in [4.69, 9.17) is 11.6 Å². The average molecular weight is 272 g/mol. The minimum atomic E-state index is -0.520. The summed E-state index contributed by atoms with van der Waals surface area (Å²) in [4.78, 5) is 14.2. The van der Waals surface area contributed by atoms with E-state index in [9.17, 15) is 9.90 Å². The van der Waals surface area contributed by atoms with Crippen LogP contribution >= 0.6 is 23.4 Å². The Balaban J connectivity index is 2.48. The number of thioether (sulfide) groups is 1. The van der Waals surface area contributed by atoms with Crippen LogP contribution in [0, 0.1) is 0 Å². The molecule has 1 aromatic carbocycles. The van der Waals surface area contributed by atoms with Gasteiger partial charge in [-0.1, -0.05) is 0 Å². The van der Waals surface area contributed by atoms with Gasteiger partial charge in [0.1, 0.15) is 6.23 Å². The maximum atomic E-state index is 11.2. The van der Waals surface area contributed by atoms with Crippen LogP contribution in [0.25, 0.3) is 0 Å². The highest BCUT2D eigenvalue weighted by molar-refractivity contribution is 7.99. The summed E-state index contributed by atoms with van der Waals surface area (Å²) in [6.07, 6.45) is -0.520. The van der Waals surface area contributed by atoms with Crippen LogP contribution in [0.15, 0.2) is 23.1 Å². The highest BCUT2D eigenvalue weighted by Gasteiger charge is 2.27. The summed E-state index contributed by atoms with van der Waals surface area (Å²) in [5.74, 6) is 0.638. The van der Waals surface area contributed by atoms with Crippen LogP contribution in [0.4, 0.5) is 5.69 Å². The number of carbonyl (C=O) groups is 1. The van der Waals surface area contributed by atoms with Gasteiger partial charge in [0.15, 0.2) is 0 Å². The zero-order valence-electron chi connectivity index (χ0n) is 9.68. The van der Waals surface area contributed by atoms with E-state index in [1.165, 1.54) is 0 Å². The van der Waals surface area contributed by atoms with Crippen molar-refractivity contribution >= 4 is 34.3 Å². The molecular weight excluding hydrogens is 258 g/mol. The normalized spacial score (nSPS) is 19.4. The first-order valence-electron chi connectivity index (χ1n) is 5.44. The number of anilines is 1. The molecule has 0 saturated heterocycles. The van der Waals surface area contributed by atoms with Crippen LogP contribution in [0.1, 0.15) is 24.2 Å². The van der Waals surface area contributed by atoms with Crippen LogP contribution in [-0.2, 0) is 0 Å². The van der Waals surface area contributed by atoms with Crippen molar-refractivity contribution in [3.63, 3.8) is 0 Å². The Bertz CT molecular complexity index is 450. The molecule has 92 valence electrons. The van der Waals surface area contributed by atoms with Crippen molar-refractivity contribution in [3.05, 3.63) is 23.8 Å². The quantitative estimate of drug-likeness (QED) is 0.840. The van der Waals surface area contributed by atoms with Gasteiger partial charge in [-0.15, -0.1) is 11.8 Å². The number of nitrogens with zero attached hydrogens (tertiary/aromatic N) is 1. The third-order valence-corrected chi connectivity index (χ3v) is 4.07. The Hall–Kier alpha value is -0.710. The number of carbonyl (C=O) groups excluding carboxylic acids is 1. The number of halogens is 1. The van der Waals surface area contributed by atoms with Crippen LogP contribution in [0.2, 0.25) is 0 Å². The first kappa shape index (κ1) is 12.7. The predicted octanol–water partition coefficient (Wildman–Crippen LogP) is 2.70. The lowest BCUT2D eigenvalue weighted by Gasteiger charge is -2.38. The fraction of sp³-hybridized carbons (Fsp3) is 0.417. The third kappa shape index (κ3) is 2.44. The second-order valence-electron chi connectivity index (χ2n) is 4.25. The topological polar surface area (TPSA) is 40.5 Å². The van der Waals surface area contributed by atoms with E-state index in [2.05, 4.69) is 0 Å². The molecule has 1 atom stereocenters. The van der Waals surface area contributed by atoms with Gasteiger partial charge in [-0.05, 0) is 43.6 Å². The van der Waals surface area contributed by atoms with Gasteiger partial charge in [0.25, 0.3) is 5.24 Å². The van der Waals surface area contributed by atoms with Crippen molar-refractivity contribution in [2.75, 3.05) is 10.7 Å². The second kappa shape index (κ2) is 4.88. The molecule has 1 unspecified atom stereocenters. The molecule has 0 bridgehead atoms. The monoisotopic (exact) mass is 271 g/mol. The van der Waals surface area contributed by atoms with Crippen LogP contribution in [-0.4, -0.2) is 28.4 Å². The van der Waals surface area contributed by atoms with Crippen molar-refractivity contribution < 1.29 is 9.90 Å². The van der Waals surface area contributed by atoms with Crippen molar-refractivity contribution in [1.82, 2.24) is 0 Å². The van der Waals surface area contributed by atoms with E-state index >= 15 is 0 Å². The van der Waals surface area contributed by atoms with E-state index in [1.54, 1.807) is 23.9 Å². The van der Waals surface area contributed by atoms with Gasteiger partial charge in [-0.2, -0.15) is 0 Å². The van der Waals surface area contributed by atoms with E-state index in [1.807, 2.05) is 24.8 Å². The number of rotatable bonds is 2. The molecule has 1 aromatic rings. The van der Waals surface area contributed by atoms with Crippen molar-refractivity contribution in [2.45, 2.75) is 31.0 Å². The molecular formula is C12H14ClNO2S. The fourth-order valence-corrected chi connectivity index (χ4v) is 3.07. The van der Waals surface area contributed by atoms with E-state index < -0.39 is 11.5 Å². The first-order valence-corrected chi connectivity index (χ1v) is 6.80.